The van der Waals surface area contributed by atoms with Crippen molar-refractivity contribution in [2.24, 2.45) is 5.10 Å². The fraction of sp³-hybridized carbons (Fsp3) is 0.571. The van der Waals surface area contributed by atoms with Gasteiger partial charge in [-0.15, -0.1) is 0 Å². The van der Waals surface area contributed by atoms with E-state index in [0.29, 0.717) is 18.6 Å². The molecule has 0 aromatic heterocycles. The van der Waals surface area contributed by atoms with Gasteiger partial charge in [0.1, 0.15) is 5.71 Å². The van der Waals surface area contributed by atoms with Gasteiger partial charge in [0.15, 0.2) is 5.78 Å². The summed E-state index contributed by atoms with van der Waals surface area (Å²) in [4.78, 5) is 21.7. The Morgan fingerprint density at radius 3 is 2.64 bits per heavy atom. The van der Waals surface area contributed by atoms with Crippen LogP contribution >= 0.6 is 0 Å². The zero-order chi connectivity index (χ0) is 8.43. The zero-order valence-electron chi connectivity index (χ0n) is 6.63. The van der Waals surface area contributed by atoms with E-state index < -0.39 is 0 Å². The third kappa shape index (κ3) is 1.63. The number of hydrazone groups is 1. The summed E-state index contributed by atoms with van der Waals surface area (Å²) in [6, 6.07) is 0. The van der Waals surface area contributed by atoms with E-state index in [0.717, 1.165) is 0 Å². The highest BCUT2D eigenvalue weighted by Gasteiger charge is 2.18. The third-order valence-electron chi connectivity index (χ3n) is 1.61. The second kappa shape index (κ2) is 2.82. The maximum atomic E-state index is 10.9. The highest BCUT2D eigenvalue weighted by Crippen LogP contribution is 2.06. The van der Waals surface area contributed by atoms with Crippen LogP contribution in [-0.4, -0.2) is 29.5 Å². The minimum atomic E-state index is -0.0515. The lowest BCUT2D eigenvalue weighted by atomic mass is 10.1. The van der Waals surface area contributed by atoms with Crippen molar-refractivity contribution in [3.63, 3.8) is 0 Å². The predicted octanol–water partition coefficient (Wildman–Crippen LogP) is 0.184. The van der Waals surface area contributed by atoms with Crippen LogP contribution in [0.15, 0.2) is 5.10 Å². The Morgan fingerprint density at radius 1 is 1.55 bits per heavy atom. The van der Waals surface area contributed by atoms with Crippen molar-refractivity contribution in [1.82, 2.24) is 5.01 Å². The number of carbonyl (C=O) groups excluding carboxylic acids is 2. The fourth-order valence-corrected chi connectivity index (χ4v) is 0.920. The molecule has 0 spiro atoms. The van der Waals surface area contributed by atoms with E-state index in [1.165, 1.54) is 11.9 Å². The van der Waals surface area contributed by atoms with Crippen molar-refractivity contribution >= 4 is 17.4 Å². The van der Waals surface area contributed by atoms with Gasteiger partial charge in [0, 0.05) is 26.8 Å². The monoisotopic (exact) mass is 154 g/mol. The smallest absolute Gasteiger partial charge is 0.242 e. The first-order valence-electron chi connectivity index (χ1n) is 3.46. The zero-order valence-corrected chi connectivity index (χ0v) is 6.63. The van der Waals surface area contributed by atoms with Gasteiger partial charge in [-0.2, -0.15) is 5.10 Å². The number of hydrogen-bond acceptors (Lipinski definition) is 3. The summed E-state index contributed by atoms with van der Waals surface area (Å²) in [6.45, 7) is 1.46. The normalized spacial score (nSPS) is 18.2. The van der Waals surface area contributed by atoms with Gasteiger partial charge in [-0.05, 0) is 0 Å². The second-order valence-electron chi connectivity index (χ2n) is 2.52. The molecule has 0 atom stereocenters. The SMILES string of the molecule is CC(=O)C1=NN(C)C(=O)CC1. The molecule has 0 fully saturated rings. The van der Waals surface area contributed by atoms with Crippen LogP contribution in [0.5, 0.6) is 0 Å². The Morgan fingerprint density at radius 2 is 2.18 bits per heavy atom. The minimum absolute atomic E-state index is 0.0324. The summed E-state index contributed by atoms with van der Waals surface area (Å²) in [5.74, 6) is -0.0839. The van der Waals surface area contributed by atoms with Gasteiger partial charge < -0.3 is 0 Å². The van der Waals surface area contributed by atoms with Crippen LogP contribution in [-0.2, 0) is 9.59 Å². The van der Waals surface area contributed by atoms with Gasteiger partial charge in [0.25, 0.3) is 0 Å². The van der Waals surface area contributed by atoms with E-state index in [2.05, 4.69) is 5.10 Å². The molecular weight excluding hydrogens is 144 g/mol. The molecule has 1 amide bonds. The van der Waals surface area contributed by atoms with E-state index >= 15 is 0 Å². The summed E-state index contributed by atoms with van der Waals surface area (Å²) in [5, 5.41) is 5.04. The number of hydrogen-bond donors (Lipinski definition) is 0. The molecule has 1 heterocycles. The van der Waals surface area contributed by atoms with Gasteiger partial charge in [0.05, 0.1) is 0 Å². The molecule has 0 saturated carbocycles. The summed E-state index contributed by atoms with van der Waals surface area (Å²) < 4.78 is 0. The fourth-order valence-electron chi connectivity index (χ4n) is 0.920. The molecule has 0 unspecified atom stereocenters. The molecule has 0 saturated heterocycles. The lowest BCUT2D eigenvalue weighted by molar-refractivity contribution is -0.130. The largest absolute Gasteiger partial charge is 0.293 e. The van der Waals surface area contributed by atoms with E-state index in [1.807, 2.05) is 0 Å². The van der Waals surface area contributed by atoms with Crippen molar-refractivity contribution in [2.75, 3.05) is 7.05 Å². The number of carbonyl (C=O) groups is 2. The Kier molecular flexibility index (Phi) is 2.03. The topological polar surface area (TPSA) is 49.7 Å². The van der Waals surface area contributed by atoms with Crippen molar-refractivity contribution in [3.8, 4) is 0 Å². The Labute approximate surface area is 64.9 Å². The molecule has 11 heavy (non-hydrogen) atoms. The minimum Gasteiger partial charge on any atom is -0.293 e. The molecule has 4 heteroatoms. The van der Waals surface area contributed by atoms with E-state index in [-0.39, 0.29) is 11.7 Å². The quantitative estimate of drug-likeness (QED) is 0.541. The Bertz CT molecular complexity index is 233. The average Bonchev–Trinajstić information content (AvgIpc) is 1.94. The number of rotatable bonds is 1. The summed E-state index contributed by atoms with van der Waals surface area (Å²) in [7, 11) is 1.56. The van der Waals surface area contributed by atoms with E-state index in [9.17, 15) is 9.59 Å². The molecule has 0 radical (unpaired) electrons. The summed E-state index contributed by atoms with van der Waals surface area (Å²) in [6.07, 6.45) is 0.882. The predicted molar refractivity (Wildman–Crippen MR) is 40.1 cm³/mol. The molecule has 0 aromatic carbocycles. The first-order chi connectivity index (χ1) is 5.11. The number of Topliss-reactive ketones (excluding diaryl/α,β-unsaturated/α-hetero) is 1. The molecular formula is C7H10N2O2. The molecule has 0 N–H and O–H groups in total. The maximum Gasteiger partial charge on any atom is 0.242 e. The lowest BCUT2D eigenvalue weighted by Gasteiger charge is -2.17. The van der Waals surface area contributed by atoms with Crippen LogP contribution in [0.3, 0.4) is 0 Å². The molecule has 4 nitrogen and oxygen atoms in total. The van der Waals surface area contributed by atoms with Gasteiger partial charge in [-0.1, -0.05) is 0 Å². The van der Waals surface area contributed by atoms with Crippen LogP contribution in [0.4, 0.5) is 0 Å². The van der Waals surface area contributed by atoms with Crippen molar-refractivity contribution in [3.05, 3.63) is 0 Å². The molecule has 1 aliphatic heterocycles. The van der Waals surface area contributed by atoms with Crippen molar-refractivity contribution in [2.45, 2.75) is 19.8 Å². The first kappa shape index (κ1) is 7.91. The number of ketones is 1. The third-order valence-corrected chi connectivity index (χ3v) is 1.61. The molecule has 0 aliphatic carbocycles. The standard InChI is InChI=1S/C7H10N2O2/c1-5(10)6-3-4-7(11)9(2)8-6/h3-4H2,1-2H3. The lowest BCUT2D eigenvalue weighted by Crippen LogP contribution is -2.30. The van der Waals surface area contributed by atoms with Gasteiger partial charge in [-0.25, -0.2) is 5.01 Å². The summed E-state index contributed by atoms with van der Waals surface area (Å²) >= 11 is 0. The van der Waals surface area contributed by atoms with Gasteiger partial charge in [-0.3, -0.25) is 9.59 Å². The van der Waals surface area contributed by atoms with E-state index in [1.54, 1.807) is 7.05 Å². The molecule has 0 bridgehead atoms. The Hall–Kier alpha value is -1.19. The van der Waals surface area contributed by atoms with Crippen LogP contribution in [0.25, 0.3) is 0 Å². The molecule has 0 aromatic rings. The number of nitrogens with zero attached hydrogens (tertiary/aromatic N) is 2. The van der Waals surface area contributed by atoms with Crippen molar-refractivity contribution < 1.29 is 9.59 Å². The van der Waals surface area contributed by atoms with Crippen LogP contribution < -0.4 is 0 Å². The van der Waals surface area contributed by atoms with Crippen LogP contribution in [0.1, 0.15) is 19.8 Å². The van der Waals surface area contributed by atoms with Crippen LogP contribution in [0, 0.1) is 0 Å². The van der Waals surface area contributed by atoms with Gasteiger partial charge >= 0.3 is 0 Å². The van der Waals surface area contributed by atoms with Crippen LogP contribution in [0.2, 0.25) is 0 Å². The molecule has 1 aliphatic rings. The summed E-state index contributed by atoms with van der Waals surface area (Å²) in [5.41, 5.74) is 0.493. The first-order valence-corrected chi connectivity index (χ1v) is 3.46. The molecule has 60 valence electrons. The highest BCUT2D eigenvalue weighted by atomic mass is 16.2. The maximum absolute atomic E-state index is 10.9. The van der Waals surface area contributed by atoms with E-state index in [4.69, 9.17) is 0 Å². The highest BCUT2D eigenvalue weighted by molar-refractivity contribution is 6.39. The second-order valence-corrected chi connectivity index (χ2v) is 2.52. The van der Waals surface area contributed by atoms with Gasteiger partial charge in [0.2, 0.25) is 5.91 Å². The van der Waals surface area contributed by atoms with Crippen molar-refractivity contribution in [1.29, 1.82) is 0 Å². The number of amides is 1. The molecule has 1 rings (SSSR count). The Balaban J connectivity index is 2.79. The average molecular weight is 154 g/mol.